The number of aliphatic carboxylic acids is 2. The molecule has 2 aromatic rings. The van der Waals surface area contributed by atoms with Gasteiger partial charge in [0.1, 0.15) is 6.23 Å². The van der Waals surface area contributed by atoms with E-state index in [4.69, 9.17) is 0 Å². The van der Waals surface area contributed by atoms with Gasteiger partial charge in [-0.15, -0.1) is 0 Å². The lowest BCUT2D eigenvalue weighted by Gasteiger charge is -2.13. The first-order valence-corrected chi connectivity index (χ1v) is 15.0. The van der Waals surface area contributed by atoms with E-state index in [2.05, 4.69) is 34.1 Å². The number of carbonyl (C=O) groups excluding carboxylic acids is 1. The van der Waals surface area contributed by atoms with E-state index in [9.17, 15) is 29.7 Å². The molecule has 1 fully saturated rings. The number of aromatic amines is 2. The van der Waals surface area contributed by atoms with Crippen molar-refractivity contribution in [1.82, 2.24) is 20.6 Å². The number of carboxylic acid groups (broad SMARTS) is 2. The molecule has 10 heteroatoms. The molecule has 1 saturated heterocycles. The monoisotopic (exact) mass is 592 g/mol. The maximum Gasteiger partial charge on any atom is 0.303 e. The van der Waals surface area contributed by atoms with Crippen LogP contribution in [0.5, 0.6) is 0 Å². The minimum Gasteiger partial charge on any atom is -0.481 e. The molecular formula is C33H44N4O6. The minimum absolute atomic E-state index is 0.0210. The van der Waals surface area contributed by atoms with Gasteiger partial charge in [0.2, 0.25) is 0 Å². The van der Waals surface area contributed by atoms with Crippen LogP contribution in [0.25, 0.3) is 6.08 Å². The van der Waals surface area contributed by atoms with Crippen LogP contribution >= 0.6 is 0 Å². The number of H-pyrrole nitrogens is 2. The Morgan fingerprint density at radius 3 is 2.09 bits per heavy atom. The van der Waals surface area contributed by atoms with Gasteiger partial charge in [-0.2, -0.15) is 0 Å². The van der Waals surface area contributed by atoms with Crippen molar-refractivity contribution in [3.05, 3.63) is 74.5 Å². The van der Waals surface area contributed by atoms with Gasteiger partial charge in [-0.25, -0.2) is 0 Å². The molecule has 232 valence electrons. The first-order chi connectivity index (χ1) is 20.4. The quantitative estimate of drug-likeness (QED) is 0.184. The van der Waals surface area contributed by atoms with Crippen LogP contribution in [-0.4, -0.2) is 55.4 Å². The Kier molecular flexibility index (Phi) is 9.69. The molecule has 4 heterocycles. The number of hydrogen-bond donors (Lipinski definition) is 7. The van der Waals surface area contributed by atoms with Gasteiger partial charge in [0.15, 0.2) is 0 Å². The lowest BCUT2D eigenvalue weighted by Crippen LogP contribution is -2.30. The lowest BCUT2D eigenvalue weighted by molar-refractivity contribution is -0.138. The number of carboxylic acids is 2. The summed E-state index contributed by atoms with van der Waals surface area (Å²) in [6, 6.07) is -0.196. The highest BCUT2D eigenvalue weighted by Crippen LogP contribution is 2.35. The molecule has 7 N–H and O–H groups in total. The van der Waals surface area contributed by atoms with Crippen LogP contribution in [-0.2, 0) is 40.1 Å². The third-order valence-corrected chi connectivity index (χ3v) is 9.31. The molecular weight excluding hydrogens is 548 g/mol. The van der Waals surface area contributed by atoms with Crippen molar-refractivity contribution in [2.45, 2.75) is 91.8 Å². The molecule has 0 unspecified atom stereocenters. The van der Waals surface area contributed by atoms with Crippen LogP contribution in [0.15, 0.2) is 29.5 Å². The average molecular weight is 593 g/mol. The molecule has 10 nitrogen and oxygen atoms in total. The van der Waals surface area contributed by atoms with Crippen molar-refractivity contribution in [3.8, 4) is 0 Å². The summed E-state index contributed by atoms with van der Waals surface area (Å²) in [5.41, 5.74) is 9.73. The summed E-state index contributed by atoms with van der Waals surface area (Å²) in [4.78, 5) is 42.6. The number of rotatable bonds is 13. The number of allylic oxidation sites excluding steroid dienone is 1. The topological polar surface area (TPSA) is 168 Å². The molecule has 4 rings (SSSR count). The summed E-state index contributed by atoms with van der Waals surface area (Å²) >= 11 is 0. The summed E-state index contributed by atoms with van der Waals surface area (Å²) in [6.07, 6.45) is 5.44. The van der Waals surface area contributed by atoms with Crippen LogP contribution in [0, 0.1) is 25.7 Å². The molecule has 1 amide bonds. The minimum atomic E-state index is -0.886. The molecule has 0 aliphatic carbocycles. The van der Waals surface area contributed by atoms with Gasteiger partial charge in [-0.1, -0.05) is 26.5 Å². The van der Waals surface area contributed by atoms with Crippen molar-refractivity contribution in [2.24, 2.45) is 11.8 Å². The van der Waals surface area contributed by atoms with E-state index in [1.807, 2.05) is 33.8 Å². The Labute approximate surface area is 252 Å². The molecule has 2 aliphatic rings. The van der Waals surface area contributed by atoms with Gasteiger partial charge < -0.3 is 35.9 Å². The largest absolute Gasteiger partial charge is 0.481 e. The Bertz CT molecular complexity index is 1490. The van der Waals surface area contributed by atoms with Gasteiger partial charge in [-0.05, 0) is 73.9 Å². The number of aliphatic hydroxyl groups excluding tert-OH is 1. The normalized spacial score (nSPS) is 22.7. The first kappa shape index (κ1) is 31.9. The molecule has 0 bridgehead atoms. The maximum atomic E-state index is 12.4. The van der Waals surface area contributed by atoms with E-state index in [0.717, 1.165) is 62.7 Å². The molecule has 0 saturated carbocycles. The van der Waals surface area contributed by atoms with Crippen molar-refractivity contribution in [3.63, 3.8) is 0 Å². The SMILES string of the molecule is C=CC1=C(C)[C@@H](Cc2[nH]c(Cc3[nH]c(/C=C4\N[C@@H](O)[C@H](C)[C@H]4CC)c(C)c3CCC(=O)O)c(CCC(=O)O)c2C)NC1=O. The Morgan fingerprint density at radius 1 is 0.930 bits per heavy atom. The van der Waals surface area contributed by atoms with Gasteiger partial charge in [0.25, 0.3) is 5.91 Å². The summed E-state index contributed by atoms with van der Waals surface area (Å²) in [7, 11) is 0. The number of amides is 1. The van der Waals surface area contributed by atoms with Gasteiger partial charge in [0, 0.05) is 71.6 Å². The summed E-state index contributed by atoms with van der Waals surface area (Å²) in [5.74, 6) is -1.67. The Morgan fingerprint density at radius 2 is 1.53 bits per heavy atom. The summed E-state index contributed by atoms with van der Waals surface area (Å²) in [6.45, 7) is 13.7. The van der Waals surface area contributed by atoms with Crippen LogP contribution in [0.3, 0.4) is 0 Å². The van der Waals surface area contributed by atoms with Crippen molar-refractivity contribution >= 4 is 23.9 Å². The third kappa shape index (κ3) is 6.64. The molecule has 43 heavy (non-hydrogen) atoms. The van der Waals surface area contributed by atoms with Gasteiger partial charge in [-0.3, -0.25) is 14.4 Å². The Hall–Kier alpha value is -4.05. The van der Waals surface area contributed by atoms with E-state index < -0.39 is 18.2 Å². The molecule has 2 aliphatic heterocycles. The number of aromatic nitrogens is 2. The second-order valence-corrected chi connectivity index (χ2v) is 11.9. The van der Waals surface area contributed by atoms with Gasteiger partial charge >= 0.3 is 11.9 Å². The maximum absolute atomic E-state index is 12.4. The van der Waals surface area contributed by atoms with Crippen molar-refractivity contribution < 1.29 is 29.7 Å². The molecule has 2 aromatic heterocycles. The van der Waals surface area contributed by atoms with E-state index in [0.29, 0.717) is 31.3 Å². The van der Waals surface area contributed by atoms with E-state index in [1.165, 1.54) is 0 Å². The van der Waals surface area contributed by atoms with Crippen molar-refractivity contribution in [2.75, 3.05) is 0 Å². The second-order valence-electron chi connectivity index (χ2n) is 11.9. The number of carbonyl (C=O) groups is 3. The van der Waals surface area contributed by atoms with Gasteiger partial charge in [0.05, 0.1) is 6.04 Å². The fourth-order valence-electron chi connectivity index (χ4n) is 6.63. The van der Waals surface area contributed by atoms with Crippen molar-refractivity contribution in [1.29, 1.82) is 0 Å². The second kappa shape index (κ2) is 13.1. The number of hydrogen-bond acceptors (Lipinski definition) is 5. The Balaban J connectivity index is 1.74. The number of nitrogens with one attached hydrogen (secondary N) is 4. The predicted octanol–water partition coefficient (Wildman–Crippen LogP) is 4.05. The van der Waals surface area contributed by atoms with Crippen LogP contribution in [0.4, 0.5) is 0 Å². The fraction of sp³-hybridized carbons (Fsp3) is 0.485. The zero-order valence-corrected chi connectivity index (χ0v) is 25.7. The zero-order valence-electron chi connectivity index (χ0n) is 25.7. The summed E-state index contributed by atoms with van der Waals surface area (Å²) < 4.78 is 0. The average Bonchev–Trinajstić information content (AvgIpc) is 3.59. The van der Waals surface area contributed by atoms with E-state index in [1.54, 1.807) is 6.08 Å². The van der Waals surface area contributed by atoms with E-state index in [-0.39, 0.29) is 36.6 Å². The molecule has 0 radical (unpaired) electrons. The lowest BCUT2D eigenvalue weighted by atomic mass is 9.91. The first-order valence-electron chi connectivity index (χ1n) is 15.0. The third-order valence-electron chi connectivity index (χ3n) is 9.31. The van der Waals surface area contributed by atoms with Crippen LogP contribution < -0.4 is 10.6 Å². The fourth-order valence-corrected chi connectivity index (χ4v) is 6.63. The standard InChI is InChI=1S/C33H44N4O6/c1-7-20-19(6)32(42)37-27(20)14-25-18(5)23(10-12-31(40)41)29(35-25)15-28-22(9-11-30(38)39)17(4)24(34-28)13-26-16(3)21(8-2)33(43)36-26/h8,14,19-20,26,32,34-35,37,42H,2,7,9-13,15H2,1,3-6H3,(H,36,43)(H,38,39)(H,40,41)/b27-14-/t19-,20-,26-,32+/m1/s1. The highest BCUT2D eigenvalue weighted by atomic mass is 16.4. The number of aliphatic hydroxyl groups is 1. The predicted molar refractivity (Wildman–Crippen MR) is 164 cm³/mol. The zero-order chi connectivity index (χ0) is 31.6. The summed E-state index contributed by atoms with van der Waals surface area (Å²) in [5, 5.41) is 35.6. The highest BCUT2D eigenvalue weighted by molar-refractivity contribution is 6.00. The molecule has 4 atom stereocenters. The van der Waals surface area contributed by atoms with Crippen LogP contribution in [0.1, 0.15) is 85.1 Å². The van der Waals surface area contributed by atoms with Crippen LogP contribution in [0.2, 0.25) is 0 Å². The smallest absolute Gasteiger partial charge is 0.303 e. The molecule has 0 spiro atoms. The molecule has 0 aromatic carbocycles. The highest BCUT2D eigenvalue weighted by Gasteiger charge is 2.34. The van der Waals surface area contributed by atoms with E-state index >= 15 is 0 Å².